The standard InChI is InChI=1S/C20H14N2O9S2.C9H18N2O5S2.3Na/c21-13-7-5-11-15(9-3-1-2-4-10(9)20(23)24)12-6-8-14(22)19(33(28,29)30)17(12)31-16(11)18(13)32(25,26)27;1-8(12)10-5-3-2-4-6-11-9(13)7-18(15,17)16-14;;;/h1-8,21H,22H2,(H,23,24)(H,25,26,27)(H,28,29,30);14H,2-7H2,1H3,(H,10,12)(H,11,13);;;/q;;3*+1/p-3. The number of hydrogen-bond donors (Lipinski definition) is 5. The van der Waals surface area contributed by atoms with Crippen molar-refractivity contribution in [3.05, 3.63) is 59.5 Å². The molecule has 2 amide bonds. The molecular weight excluding hydrogens is 826 g/mol. The SMILES string of the molecule is CC(=O)NCCCCCNC(=O)CS(=O)(=S)O[O-].N=c1ccc2c(-c3ccccc3C(=O)O)c3ccc(N)c(S(=O)(=O)[O-])c3oc-2c1S(=O)(=O)[O-].[Na+].[Na+].[Na+]. The molecule has 2 aliphatic rings. The Morgan fingerprint density at radius 1 is 0.870 bits per heavy atom. The van der Waals surface area contributed by atoms with Crippen LogP contribution in [0.4, 0.5) is 5.69 Å². The average Bonchev–Trinajstić information content (AvgIpc) is 3.01. The first-order valence-electron chi connectivity index (χ1n) is 14.4. The first-order valence-corrected chi connectivity index (χ1v) is 19.7. The Morgan fingerprint density at radius 3 is 1.98 bits per heavy atom. The monoisotopic (exact) mass is 854 g/mol. The van der Waals surface area contributed by atoms with E-state index in [1.54, 1.807) is 0 Å². The predicted molar refractivity (Wildman–Crippen MR) is 178 cm³/mol. The van der Waals surface area contributed by atoms with Crippen LogP contribution in [0.2, 0.25) is 0 Å². The number of carbonyl (C=O) groups excluding carboxylic acids is 2. The summed E-state index contributed by atoms with van der Waals surface area (Å²) in [5.41, 5.74) is 4.15. The average molecular weight is 855 g/mol. The van der Waals surface area contributed by atoms with E-state index in [0.717, 1.165) is 31.4 Å². The molecule has 2 aromatic rings. The van der Waals surface area contributed by atoms with Crippen LogP contribution >= 0.6 is 0 Å². The Labute approximate surface area is 381 Å². The summed E-state index contributed by atoms with van der Waals surface area (Å²) in [4.78, 5) is 31.4. The molecule has 1 aliphatic carbocycles. The maximum Gasteiger partial charge on any atom is 1.00 e. The Balaban J connectivity index is 0.00000116. The number of nitrogens with one attached hydrogen (secondary N) is 3. The minimum absolute atomic E-state index is 0. The molecule has 4 rings (SSSR count). The van der Waals surface area contributed by atoms with Crippen LogP contribution in [-0.2, 0) is 54.1 Å². The van der Waals surface area contributed by atoms with E-state index in [1.165, 1.54) is 43.3 Å². The van der Waals surface area contributed by atoms with Crippen LogP contribution in [0.1, 0.15) is 36.5 Å². The van der Waals surface area contributed by atoms with E-state index in [0.29, 0.717) is 13.1 Å². The van der Waals surface area contributed by atoms with Crippen molar-refractivity contribution in [1.82, 2.24) is 10.6 Å². The molecule has 276 valence electrons. The zero-order valence-corrected chi connectivity index (χ0v) is 38.6. The molecule has 0 fully saturated rings. The Hall–Kier alpha value is -1.55. The zero-order valence-electron chi connectivity index (χ0n) is 29.3. The minimum atomic E-state index is -5.32. The van der Waals surface area contributed by atoms with Gasteiger partial charge in [-0.2, -0.15) is 0 Å². The van der Waals surface area contributed by atoms with Gasteiger partial charge in [-0.1, -0.05) is 18.2 Å². The van der Waals surface area contributed by atoms with E-state index < -0.39 is 78.8 Å². The number of fused-ring (bicyclic) bond motifs is 2. The number of hydrogen-bond acceptors (Lipinski definition) is 16. The van der Waals surface area contributed by atoms with Gasteiger partial charge < -0.3 is 44.6 Å². The van der Waals surface area contributed by atoms with Gasteiger partial charge in [-0.25, -0.2) is 25.8 Å². The zero-order chi connectivity index (χ0) is 38.3. The maximum atomic E-state index is 12.0. The van der Waals surface area contributed by atoms with Gasteiger partial charge in [0.1, 0.15) is 44.6 Å². The van der Waals surface area contributed by atoms with Gasteiger partial charge in [-0.15, -0.1) is 0 Å². The van der Waals surface area contributed by atoms with Gasteiger partial charge in [0.25, 0.3) is 0 Å². The molecule has 6 N–H and O–H groups in total. The molecule has 1 unspecified atom stereocenters. The van der Waals surface area contributed by atoms with Crippen molar-refractivity contribution in [3.63, 3.8) is 0 Å². The topological polar surface area (TPSA) is 322 Å². The third-order valence-electron chi connectivity index (χ3n) is 6.89. The molecule has 0 saturated carbocycles. The normalized spacial score (nSPS) is 12.1. The number of nitrogen functional groups attached to an aromatic ring is 1. The molecule has 0 radical (unpaired) electrons. The van der Waals surface area contributed by atoms with Gasteiger partial charge in [-0.3, -0.25) is 15.0 Å². The van der Waals surface area contributed by atoms with Crippen molar-refractivity contribution < 1.29 is 152 Å². The predicted octanol–water partition coefficient (Wildman–Crippen LogP) is -8.85. The number of nitrogens with two attached hydrogens (primary N) is 1. The number of unbranched alkanes of at least 4 members (excludes halogenated alkanes) is 2. The maximum absolute atomic E-state index is 12.0. The van der Waals surface area contributed by atoms with E-state index in [4.69, 9.17) is 15.6 Å². The number of carbonyl (C=O) groups is 3. The molecule has 0 aromatic heterocycles. The van der Waals surface area contributed by atoms with Gasteiger partial charge in [0, 0.05) is 47.7 Å². The largest absolute Gasteiger partial charge is 1.00 e. The van der Waals surface area contributed by atoms with Crippen molar-refractivity contribution in [2.45, 2.75) is 36.0 Å². The summed E-state index contributed by atoms with van der Waals surface area (Å²) in [6, 6.07) is 10.2. The smallest absolute Gasteiger partial charge is 0.744 e. The van der Waals surface area contributed by atoms with Crippen molar-refractivity contribution in [2.75, 3.05) is 24.6 Å². The summed E-state index contributed by atoms with van der Waals surface area (Å²) in [7, 11) is -14.1. The van der Waals surface area contributed by atoms with Crippen LogP contribution in [0.5, 0.6) is 0 Å². The van der Waals surface area contributed by atoms with Crippen LogP contribution in [-0.4, -0.2) is 71.9 Å². The molecule has 1 atom stereocenters. The van der Waals surface area contributed by atoms with Gasteiger partial charge >= 0.3 is 94.6 Å². The van der Waals surface area contributed by atoms with Crippen molar-refractivity contribution in [2.24, 2.45) is 0 Å². The van der Waals surface area contributed by atoms with E-state index in [-0.39, 0.29) is 122 Å². The molecule has 0 bridgehead atoms. The number of rotatable bonds is 13. The minimum Gasteiger partial charge on any atom is -0.744 e. The summed E-state index contributed by atoms with van der Waals surface area (Å²) in [5.74, 6) is -3.30. The fourth-order valence-corrected chi connectivity index (χ4v) is 7.07. The molecular formula is C29H29N4Na3O14S4. The quantitative estimate of drug-likeness (QED) is 0.0159. The first-order chi connectivity index (χ1) is 23.7. The molecule has 1 heterocycles. The van der Waals surface area contributed by atoms with Crippen LogP contribution in [0, 0.1) is 5.41 Å². The fourth-order valence-electron chi connectivity index (χ4n) is 4.82. The number of aromatic carboxylic acids is 1. The summed E-state index contributed by atoms with van der Waals surface area (Å²) in [5, 5.41) is 31.8. The third kappa shape index (κ3) is 14.1. The van der Waals surface area contributed by atoms with Crippen molar-refractivity contribution >= 4 is 74.6 Å². The third-order valence-corrected chi connectivity index (χ3v) is 10.1. The fraction of sp³-hybridized carbons (Fsp3) is 0.241. The summed E-state index contributed by atoms with van der Waals surface area (Å²) in [6.07, 6.45) is 2.38. The van der Waals surface area contributed by atoms with Crippen molar-refractivity contribution in [3.8, 4) is 22.5 Å². The summed E-state index contributed by atoms with van der Waals surface area (Å²) >= 11 is 4.27. The molecule has 0 saturated heterocycles. The second kappa shape index (κ2) is 22.4. The molecule has 54 heavy (non-hydrogen) atoms. The Kier molecular flexibility index (Phi) is 21.8. The van der Waals surface area contributed by atoms with Gasteiger partial charge in [0.05, 0.1) is 16.6 Å². The van der Waals surface area contributed by atoms with E-state index in [1.807, 2.05) is 0 Å². The number of carboxylic acids is 1. The van der Waals surface area contributed by atoms with Crippen LogP contribution in [0.15, 0.2) is 62.7 Å². The molecule has 25 heteroatoms. The van der Waals surface area contributed by atoms with Gasteiger partial charge in [0.15, 0.2) is 11.3 Å². The van der Waals surface area contributed by atoms with E-state index >= 15 is 0 Å². The van der Waals surface area contributed by atoms with Gasteiger partial charge in [-0.05, 0) is 55.2 Å². The van der Waals surface area contributed by atoms with Gasteiger partial charge in [0.2, 0.25) is 11.8 Å². The first kappa shape index (κ1) is 52.5. The number of carboxylic acid groups (broad SMARTS) is 1. The van der Waals surface area contributed by atoms with Crippen LogP contribution in [0.25, 0.3) is 33.4 Å². The number of benzene rings is 3. The molecule has 0 spiro atoms. The van der Waals surface area contributed by atoms with Crippen LogP contribution < -0.4 is 116 Å². The van der Waals surface area contributed by atoms with E-state index in [2.05, 4.69) is 26.2 Å². The Bertz CT molecular complexity index is 2360. The number of amides is 2. The second-order valence-corrected chi connectivity index (χ2v) is 16.3. The number of anilines is 1. The Morgan fingerprint density at radius 2 is 1.44 bits per heavy atom. The van der Waals surface area contributed by atoms with E-state index in [9.17, 15) is 54.9 Å². The van der Waals surface area contributed by atoms with Crippen molar-refractivity contribution in [1.29, 1.82) is 5.41 Å². The molecule has 18 nitrogen and oxygen atoms in total. The summed E-state index contributed by atoms with van der Waals surface area (Å²) < 4.78 is 91.5. The second-order valence-electron chi connectivity index (χ2n) is 10.6. The van der Waals surface area contributed by atoms with Crippen LogP contribution in [0.3, 0.4) is 0 Å². The molecule has 1 aliphatic heterocycles. The molecule has 2 aromatic carbocycles. The summed E-state index contributed by atoms with van der Waals surface area (Å²) in [6.45, 7) is 2.46.